The first-order chi connectivity index (χ1) is 20.5. The third-order valence-electron chi connectivity index (χ3n) is 6.86. The van der Waals surface area contributed by atoms with Crippen molar-refractivity contribution in [3.05, 3.63) is 101 Å². The van der Waals surface area contributed by atoms with Crippen molar-refractivity contribution in [2.24, 2.45) is 0 Å². The first-order valence-electron chi connectivity index (χ1n) is 13.7. The number of fused-ring (bicyclic) bond motifs is 1. The molecule has 1 atom stereocenters. The van der Waals surface area contributed by atoms with Gasteiger partial charge in [-0.3, -0.25) is 4.79 Å². The van der Waals surface area contributed by atoms with E-state index in [1.165, 1.54) is 12.1 Å². The largest absolute Gasteiger partial charge is 0.416 e. The van der Waals surface area contributed by atoms with Gasteiger partial charge in [-0.2, -0.15) is 13.2 Å². The number of alkyl halides is 3. The molecule has 1 aliphatic heterocycles. The zero-order valence-corrected chi connectivity index (χ0v) is 24.6. The van der Waals surface area contributed by atoms with E-state index in [4.69, 9.17) is 4.98 Å². The molecule has 4 aromatic rings. The Morgan fingerprint density at radius 3 is 2.49 bits per heavy atom. The van der Waals surface area contributed by atoms with Crippen molar-refractivity contribution in [3.8, 4) is 0 Å². The highest BCUT2D eigenvalue weighted by molar-refractivity contribution is 7.83. The third kappa shape index (κ3) is 7.38. The fourth-order valence-electron chi connectivity index (χ4n) is 4.72. The lowest BCUT2D eigenvalue weighted by atomic mass is 10.0. The van der Waals surface area contributed by atoms with E-state index >= 15 is 0 Å². The van der Waals surface area contributed by atoms with Crippen LogP contribution in [-0.2, 0) is 30.1 Å². The minimum Gasteiger partial charge on any atom is -0.366 e. The maximum Gasteiger partial charge on any atom is 0.416 e. The lowest BCUT2D eigenvalue weighted by Gasteiger charge is -2.31. The third-order valence-corrected chi connectivity index (χ3v) is 8.25. The number of amides is 1. The molecule has 0 fully saturated rings. The Balaban J connectivity index is 1.25. The predicted molar refractivity (Wildman–Crippen MR) is 162 cm³/mol. The van der Waals surface area contributed by atoms with Gasteiger partial charge in [-0.05, 0) is 80.9 Å². The fourth-order valence-corrected chi connectivity index (χ4v) is 5.67. The summed E-state index contributed by atoms with van der Waals surface area (Å²) in [6, 6.07) is 17.1. The lowest BCUT2D eigenvalue weighted by molar-refractivity contribution is -0.137. The summed E-state index contributed by atoms with van der Waals surface area (Å²) in [5.41, 5.74) is 4.12. The van der Waals surface area contributed by atoms with E-state index in [-0.39, 0.29) is 11.6 Å². The molecule has 0 saturated carbocycles. The standard InChI is InChI=1S/C31H31F3N6O2S/c1-19(2)39-43(42)26-11-9-24(10-12-26)37-30-35-17-22-18-40(14-13-27(22)38-30)28-16-25(8-7-20(28)3)36-29(41)21-5-4-6-23(15-21)31(32,33)34/h4-12,15-17,19,39H,13-14,18H2,1-3H3,(H,36,41)(H,35,37,38). The summed E-state index contributed by atoms with van der Waals surface area (Å²) in [6.07, 6.45) is -2.06. The highest BCUT2D eigenvalue weighted by Crippen LogP contribution is 2.31. The van der Waals surface area contributed by atoms with Crippen LogP contribution in [0.4, 0.5) is 36.2 Å². The van der Waals surface area contributed by atoms with Crippen molar-refractivity contribution < 1.29 is 22.2 Å². The molecule has 0 aliphatic carbocycles. The zero-order valence-electron chi connectivity index (χ0n) is 23.8. The van der Waals surface area contributed by atoms with E-state index in [0.29, 0.717) is 36.0 Å². The SMILES string of the molecule is Cc1ccc(NC(=O)c2cccc(C(F)(F)F)c2)cc1N1CCc2nc(Nc3ccc(S(=O)NC(C)C)cc3)ncc2C1. The second kappa shape index (κ2) is 12.5. The van der Waals surface area contributed by atoms with Crippen molar-refractivity contribution in [3.63, 3.8) is 0 Å². The van der Waals surface area contributed by atoms with Gasteiger partial charge < -0.3 is 15.5 Å². The number of aryl methyl sites for hydroxylation is 1. The molecule has 5 rings (SSSR count). The highest BCUT2D eigenvalue weighted by Gasteiger charge is 2.31. The van der Waals surface area contributed by atoms with Gasteiger partial charge in [0.1, 0.15) is 11.0 Å². The minimum absolute atomic E-state index is 0.0699. The van der Waals surface area contributed by atoms with E-state index in [0.717, 1.165) is 40.3 Å². The maximum absolute atomic E-state index is 13.1. The van der Waals surface area contributed by atoms with Crippen LogP contribution >= 0.6 is 0 Å². The molecule has 1 aliphatic rings. The van der Waals surface area contributed by atoms with Crippen LogP contribution in [-0.4, -0.2) is 32.7 Å². The number of hydrogen-bond acceptors (Lipinski definition) is 6. The summed E-state index contributed by atoms with van der Waals surface area (Å²) in [5.74, 6) is -0.148. The molecular weight excluding hydrogens is 577 g/mol. The minimum atomic E-state index is -4.53. The van der Waals surface area contributed by atoms with Gasteiger partial charge >= 0.3 is 6.18 Å². The molecule has 0 spiro atoms. The molecular formula is C31H31F3N6O2S. The van der Waals surface area contributed by atoms with Crippen molar-refractivity contribution in [2.75, 3.05) is 22.1 Å². The Morgan fingerprint density at radius 2 is 1.77 bits per heavy atom. The lowest BCUT2D eigenvalue weighted by Crippen LogP contribution is -2.32. The second-order valence-corrected chi connectivity index (χ2v) is 11.8. The van der Waals surface area contributed by atoms with Gasteiger partial charge in [0, 0.05) is 59.9 Å². The average molecular weight is 609 g/mol. The van der Waals surface area contributed by atoms with Crippen LogP contribution in [0.25, 0.3) is 0 Å². The van der Waals surface area contributed by atoms with E-state index in [2.05, 4.69) is 25.2 Å². The number of anilines is 4. The summed E-state index contributed by atoms with van der Waals surface area (Å²) in [4.78, 5) is 24.8. The maximum atomic E-state index is 13.1. The van der Waals surface area contributed by atoms with Gasteiger partial charge in [-0.15, -0.1) is 0 Å². The predicted octanol–water partition coefficient (Wildman–Crippen LogP) is 6.38. The molecule has 1 amide bonds. The Bertz CT molecular complexity index is 1660. The quantitative estimate of drug-likeness (QED) is 0.215. The van der Waals surface area contributed by atoms with Gasteiger partial charge in [0.2, 0.25) is 5.95 Å². The van der Waals surface area contributed by atoms with Gasteiger partial charge in [0.25, 0.3) is 5.91 Å². The highest BCUT2D eigenvalue weighted by atomic mass is 32.2. The van der Waals surface area contributed by atoms with Crippen LogP contribution in [0.15, 0.2) is 77.8 Å². The average Bonchev–Trinajstić information content (AvgIpc) is 2.97. The monoisotopic (exact) mass is 608 g/mol. The zero-order chi connectivity index (χ0) is 30.7. The normalized spacial score (nSPS) is 13.9. The Morgan fingerprint density at radius 1 is 1.02 bits per heavy atom. The Labute approximate surface area is 250 Å². The summed E-state index contributed by atoms with van der Waals surface area (Å²) in [7, 11) is -1.28. The van der Waals surface area contributed by atoms with Crippen molar-refractivity contribution in [2.45, 2.75) is 50.9 Å². The van der Waals surface area contributed by atoms with E-state index < -0.39 is 28.6 Å². The number of nitrogens with one attached hydrogen (secondary N) is 3. The smallest absolute Gasteiger partial charge is 0.366 e. The Hall–Kier alpha value is -4.29. The molecule has 224 valence electrons. The van der Waals surface area contributed by atoms with Gasteiger partial charge in [0.15, 0.2) is 0 Å². The van der Waals surface area contributed by atoms with E-state index in [1.807, 2.05) is 45.0 Å². The molecule has 43 heavy (non-hydrogen) atoms. The summed E-state index contributed by atoms with van der Waals surface area (Å²) in [5, 5.41) is 5.93. The van der Waals surface area contributed by atoms with Crippen LogP contribution in [0.3, 0.4) is 0 Å². The number of benzene rings is 3. The van der Waals surface area contributed by atoms with Crippen LogP contribution in [0.2, 0.25) is 0 Å². The van der Waals surface area contributed by atoms with E-state index in [9.17, 15) is 22.2 Å². The van der Waals surface area contributed by atoms with Gasteiger partial charge in [-0.1, -0.05) is 12.1 Å². The number of halogens is 3. The van der Waals surface area contributed by atoms with Crippen LogP contribution < -0.4 is 20.3 Å². The molecule has 8 nitrogen and oxygen atoms in total. The molecule has 0 radical (unpaired) electrons. The first kappa shape index (κ1) is 30.2. The van der Waals surface area contributed by atoms with Gasteiger partial charge in [0.05, 0.1) is 16.2 Å². The molecule has 12 heteroatoms. The molecule has 3 N–H and O–H groups in total. The van der Waals surface area contributed by atoms with Crippen molar-refractivity contribution in [1.82, 2.24) is 14.7 Å². The first-order valence-corrected chi connectivity index (χ1v) is 14.9. The molecule has 1 unspecified atom stereocenters. The Kier molecular flexibility index (Phi) is 8.79. The van der Waals surface area contributed by atoms with Gasteiger partial charge in [-0.25, -0.2) is 18.9 Å². The summed E-state index contributed by atoms with van der Waals surface area (Å²) in [6.45, 7) is 7.08. The topological polar surface area (TPSA) is 99.3 Å². The van der Waals surface area contributed by atoms with Crippen LogP contribution in [0.1, 0.15) is 46.6 Å². The van der Waals surface area contributed by atoms with Crippen molar-refractivity contribution >= 4 is 39.9 Å². The molecule has 0 bridgehead atoms. The summed E-state index contributed by atoms with van der Waals surface area (Å²) >= 11 is 0. The summed E-state index contributed by atoms with van der Waals surface area (Å²) < 4.78 is 54.6. The number of hydrogen-bond donors (Lipinski definition) is 3. The second-order valence-electron chi connectivity index (χ2n) is 10.6. The van der Waals surface area contributed by atoms with Crippen LogP contribution in [0, 0.1) is 6.92 Å². The van der Waals surface area contributed by atoms with Crippen LogP contribution in [0.5, 0.6) is 0 Å². The fraction of sp³-hybridized carbons (Fsp3) is 0.258. The molecule has 3 aromatic carbocycles. The number of carbonyl (C=O) groups is 1. The number of nitrogens with zero attached hydrogens (tertiary/aromatic N) is 3. The number of rotatable bonds is 8. The molecule has 1 aromatic heterocycles. The number of carbonyl (C=O) groups excluding carboxylic acids is 1. The van der Waals surface area contributed by atoms with E-state index in [1.54, 1.807) is 24.4 Å². The molecule has 2 heterocycles. The number of aromatic nitrogens is 2. The molecule has 0 saturated heterocycles. The van der Waals surface area contributed by atoms with Crippen molar-refractivity contribution in [1.29, 1.82) is 0 Å².